The maximum absolute atomic E-state index is 10.7. The molecule has 0 spiro atoms. The second kappa shape index (κ2) is 5.67. The van der Waals surface area contributed by atoms with Gasteiger partial charge in [0.15, 0.2) is 6.29 Å². The number of hydrogen-bond acceptors (Lipinski definition) is 3. The maximum atomic E-state index is 10.7. The van der Waals surface area contributed by atoms with Gasteiger partial charge < -0.3 is 14.6 Å². The number of H-pyrrole nitrogens is 1. The average molecular weight is 272 g/mol. The molecule has 1 N–H and O–H groups in total. The van der Waals surface area contributed by atoms with Crippen molar-refractivity contribution < 1.29 is 9.53 Å². The predicted octanol–water partition coefficient (Wildman–Crippen LogP) is 2.84. The number of carbonyl (C=O) groups is 1. The van der Waals surface area contributed by atoms with Crippen LogP contribution in [0.5, 0.6) is 5.75 Å². The quantitative estimate of drug-likeness (QED) is 0.851. The minimum Gasteiger partial charge on any atom is -0.494 e. The summed E-state index contributed by atoms with van der Waals surface area (Å²) in [5.41, 5.74) is 1.57. The SMILES string of the molecule is CN1CCCC1CCOc1ccc2[nH]c(C=O)cc2c1. The van der Waals surface area contributed by atoms with E-state index in [0.29, 0.717) is 11.7 Å². The van der Waals surface area contributed by atoms with Gasteiger partial charge in [0.1, 0.15) is 5.75 Å². The highest BCUT2D eigenvalue weighted by Gasteiger charge is 2.20. The molecular formula is C16H20N2O2. The first-order chi connectivity index (χ1) is 9.76. The second-order valence-corrected chi connectivity index (χ2v) is 5.51. The molecule has 3 rings (SSSR count). The molecule has 1 fully saturated rings. The van der Waals surface area contributed by atoms with E-state index in [1.165, 1.54) is 19.4 Å². The molecule has 1 unspecified atom stereocenters. The molecule has 20 heavy (non-hydrogen) atoms. The van der Waals surface area contributed by atoms with Crippen LogP contribution in [0, 0.1) is 0 Å². The summed E-state index contributed by atoms with van der Waals surface area (Å²) in [4.78, 5) is 16.2. The lowest BCUT2D eigenvalue weighted by Crippen LogP contribution is -2.26. The Kier molecular flexibility index (Phi) is 3.74. The second-order valence-electron chi connectivity index (χ2n) is 5.51. The molecule has 4 heteroatoms. The standard InChI is InChI=1S/C16H20N2O2/c1-18-7-2-3-14(18)6-8-20-15-4-5-16-12(10-15)9-13(11-19)17-16/h4-5,9-11,14,17H,2-3,6-8H2,1H3. The molecule has 1 aliphatic rings. The van der Waals surface area contributed by atoms with Crippen molar-refractivity contribution in [1.29, 1.82) is 0 Å². The monoisotopic (exact) mass is 272 g/mol. The van der Waals surface area contributed by atoms with E-state index in [2.05, 4.69) is 16.9 Å². The van der Waals surface area contributed by atoms with E-state index in [4.69, 9.17) is 4.74 Å². The summed E-state index contributed by atoms with van der Waals surface area (Å²) in [5.74, 6) is 0.870. The number of rotatable bonds is 5. The molecule has 1 aromatic heterocycles. The molecule has 2 heterocycles. The summed E-state index contributed by atoms with van der Waals surface area (Å²) in [6, 6.07) is 8.40. The fourth-order valence-electron chi connectivity index (χ4n) is 2.94. The largest absolute Gasteiger partial charge is 0.494 e. The van der Waals surface area contributed by atoms with Gasteiger partial charge in [0, 0.05) is 16.9 Å². The van der Waals surface area contributed by atoms with Gasteiger partial charge in [-0.25, -0.2) is 0 Å². The van der Waals surface area contributed by atoms with Crippen LogP contribution < -0.4 is 4.74 Å². The number of nitrogens with one attached hydrogen (secondary N) is 1. The highest BCUT2D eigenvalue weighted by Crippen LogP contribution is 2.22. The molecule has 1 atom stereocenters. The lowest BCUT2D eigenvalue weighted by Gasteiger charge is -2.19. The molecule has 0 saturated carbocycles. The third-order valence-electron chi connectivity index (χ3n) is 4.13. The average Bonchev–Trinajstić information content (AvgIpc) is 3.04. The summed E-state index contributed by atoms with van der Waals surface area (Å²) in [5, 5.41) is 1.02. The molecule has 0 amide bonds. The zero-order chi connectivity index (χ0) is 13.9. The summed E-state index contributed by atoms with van der Waals surface area (Å²) in [7, 11) is 2.19. The van der Waals surface area contributed by atoms with E-state index in [1.807, 2.05) is 24.3 Å². The van der Waals surface area contributed by atoms with Gasteiger partial charge in [0.05, 0.1) is 12.3 Å². The lowest BCUT2D eigenvalue weighted by molar-refractivity contribution is 0.112. The van der Waals surface area contributed by atoms with E-state index >= 15 is 0 Å². The van der Waals surface area contributed by atoms with Gasteiger partial charge in [-0.15, -0.1) is 0 Å². The predicted molar refractivity (Wildman–Crippen MR) is 79.5 cm³/mol. The molecule has 1 saturated heterocycles. The first kappa shape index (κ1) is 13.2. The van der Waals surface area contributed by atoms with Crippen LogP contribution in [-0.2, 0) is 0 Å². The van der Waals surface area contributed by atoms with Crippen molar-refractivity contribution in [2.45, 2.75) is 25.3 Å². The Hall–Kier alpha value is -1.81. The van der Waals surface area contributed by atoms with Gasteiger partial charge >= 0.3 is 0 Å². The Balaban J connectivity index is 1.61. The molecule has 1 aromatic carbocycles. The number of likely N-dealkylation sites (tertiary alicyclic amines) is 1. The van der Waals surface area contributed by atoms with E-state index in [1.54, 1.807) is 0 Å². The highest BCUT2D eigenvalue weighted by atomic mass is 16.5. The van der Waals surface area contributed by atoms with E-state index in [-0.39, 0.29) is 0 Å². The zero-order valence-corrected chi connectivity index (χ0v) is 11.8. The number of nitrogens with zero attached hydrogens (tertiary/aromatic N) is 1. The van der Waals surface area contributed by atoms with Gasteiger partial charge in [-0.05, 0) is 57.1 Å². The fourth-order valence-corrected chi connectivity index (χ4v) is 2.94. The molecular weight excluding hydrogens is 252 g/mol. The molecule has 0 bridgehead atoms. The summed E-state index contributed by atoms with van der Waals surface area (Å²) in [6.45, 7) is 1.94. The molecule has 0 radical (unpaired) electrons. The molecule has 0 aliphatic carbocycles. The van der Waals surface area contributed by atoms with Crippen LogP contribution in [0.1, 0.15) is 29.8 Å². The van der Waals surface area contributed by atoms with Crippen molar-refractivity contribution in [1.82, 2.24) is 9.88 Å². The normalized spacial score (nSPS) is 19.6. The van der Waals surface area contributed by atoms with Gasteiger partial charge in [0.25, 0.3) is 0 Å². The third-order valence-corrected chi connectivity index (χ3v) is 4.13. The van der Waals surface area contributed by atoms with Crippen LogP contribution in [0.4, 0.5) is 0 Å². The number of aromatic nitrogens is 1. The van der Waals surface area contributed by atoms with E-state index in [9.17, 15) is 4.79 Å². The Morgan fingerprint density at radius 3 is 3.10 bits per heavy atom. The molecule has 4 nitrogen and oxygen atoms in total. The van der Waals surface area contributed by atoms with Crippen molar-refractivity contribution in [3.05, 3.63) is 30.0 Å². The van der Waals surface area contributed by atoms with Crippen molar-refractivity contribution in [3.63, 3.8) is 0 Å². The Morgan fingerprint density at radius 1 is 1.45 bits per heavy atom. The molecule has 106 valence electrons. The summed E-state index contributed by atoms with van der Waals surface area (Å²) in [6.07, 6.45) is 4.47. The van der Waals surface area contributed by atoms with Gasteiger partial charge in [-0.3, -0.25) is 4.79 Å². The number of aromatic amines is 1. The highest BCUT2D eigenvalue weighted by molar-refractivity contribution is 5.88. The van der Waals surface area contributed by atoms with Crippen LogP contribution >= 0.6 is 0 Å². The topological polar surface area (TPSA) is 45.3 Å². The van der Waals surface area contributed by atoms with Crippen LogP contribution in [0.2, 0.25) is 0 Å². The van der Waals surface area contributed by atoms with Crippen molar-refractivity contribution >= 4 is 17.2 Å². The fraction of sp³-hybridized carbons (Fsp3) is 0.438. The van der Waals surface area contributed by atoms with Crippen molar-refractivity contribution in [3.8, 4) is 5.75 Å². The number of carbonyl (C=O) groups excluding carboxylic acids is 1. The molecule has 1 aliphatic heterocycles. The van der Waals surface area contributed by atoms with E-state index in [0.717, 1.165) is 36.0 Å². The Bertz CT molecular complexity index is 606. The summed E-state index contributed by atoms with van der Waals surface area (Å²) < 4.78 is 5.84. The number of fused-ring (bicyclic) bond motifs is 1. The number of benzene rings is 1. The van der Waals surface area contributed by atoms with Gasteiger partial charge in [0.2, 0.25) is 0 Å². The van der Waals surface area contributed by atoms with Crippen LogP contribution in [0.15, 0.2) is 24.3 Å². The number of ether oxygens (including phenoxy) is 1. The Labute approximate surface area is 118 Å². The Morgan fingerprint density at radius 2 is 2.35 bits per heavy atom. The van der Waals surface area contributed by atoms with Gasteiger partial charge in [-0.1, -0.05) is 0 Å². The maximum Gasteiger partial charge on any atom is 0.166 e. The first-order valence-corrected chi connectivity index (χ1v) is 7.17. The number of aldehydes is 1. The lowest BCUT2D eigenvalue weighted by atomic mass is 10.1. The number of hydrogen-bond donors (Lipinski definition) is 1. The van der Waals surface area contributed by atoms with Crippen molar-refractivity contribution in [2.75, 3.05) is 20.2 Å². The minimum atomic E-state index is 0.602. The third kappa shape index (κ3) is 2.70. The first-order valence-electron chi connectivity index (χ1n) is 7.17. The zero-order valence-electron chi connectivity index (χ0n) is 11.8. The molecule has 2 aromatic rings. The minimum absolute atomic E-state index is 0.602. The van der Waals surface area contributed by atoms with Gasteiger partial charge in [-0.2, -0.15) is 0 Å². The van der Waals surface area contributed by atoms with Crippen LogP contribution in [0.3, 0.4) is 0 Å². The van der Waals surface area contributed by atoms with E-state index < -0.39 is 0 Å². The summed E-state index contributed by atoms with van der Waals surface area (Å²) >= 11 is 0. The van der Waals surface area contributed by atoms with Crippen LogP contribution in [0.25, 0.3) is 10.9 Å². The van der Waals surface area contributed by atoms with Crippen LogP contribution in [-0.4, -0.2) is 42.4 Å². The van der Waals surface area contributed by atoms with Crippen molar-refractivity contribution in [2.24, 2.45) is 0 Å². The smallest absolute Gasteiger partial charge is 0.166 e.